The smallest absolute Gasteiger partial charge is 0.335 e. The number of hydrogen-bond acceptors (Lipinski definition) is 2. The Morgan fingerprint density at radius 2 is 2.00 bits per heavy atom. The molecule has 0 saturated carbocycles. The lowest BCUT2D eigenvalue weighted by molar-refractivity contribution is 0.0697. The molecule has 0 radical (unpaired) electrons. The Hall–Kier alpha value is -2.29. The molecule has 1 unspecified atom stereocenters. The quantitative estimate of drug-likeness (QED) is 0.909. The maximum atomic E-state index is 11.0. The fourth-order valence-electron chi connectivity index (χ4n) is 2.79. The van der Waals surface area contributed by atoms with Crippen molar-refractivity contribution in [1.82, 2.24) is 0 Å². The van der Waals surface area contributed by atoms with Gasteiger partial charge in [0, 0.05) is 6.42 Å². The van der Waals surface area contributed by atoms with Gasteiger partial charge in [-0.3, -0.25) is 0 Å². The Kier molecular flexibility index (Phi) is 3.91. The fraction of sp³-hybridized carbons (Fsp3) is 0.278. The van der Waals surface area contributed by atoms with Crippen molar-refractivity contribution in [2.24, 2.45) is 0 Å². The third-order valence-corrected chi connectivity index (χ3v) is 3.88. The van der Waals surface area contributed by atoms with E-state index in [0.29, 0.717) is 5.56 Å². The van der Waals surface area contributed by atoms with Crippen molar-refractivity contribution in [1.29, 1.82) is 0 Å². The monoisotopic (exact) mass is 282 g/mol. The van der Waals surface area contributed by atoms with E-state index >= 15 is 0 Å². The summed E-state index contributed by atoms with van der Waals surface area (Å²) in [6.07, 6.45) is 4.11. The second-order valence-corrected chi connectivity index (χ2v) is 5.45. The molecule has 108 valence electrons. The van der Waals surface area contributed by atoms with Crippen LogP contribution in [0.4, 0.5) is 0 Å². The molecule has 0 spiro atoms. The topological polar surface area (TPSA) is 46.5 Å². The van der Waals surface area contributed by atoms with Crippen LogP contribution < -0.4 is 4.74 Å². The van der Waals surface area contributed by atoms with Crippen LogP contribution in [0, 0.1) is 0 Å². The van der Waals surface area contributed by atoms with Crippen molar-refractivity contribution in [3.05, 3.63) is 65.2 Å². The van der Waals surface area contributed by atoms with Gasteiger partial charge in [0.25, 0.3) is 0 Å². The number of aryl methyl sites for hydroxylation is 1. The molecule has 3 heteroatoms. The van der Waals surface area contributed by atoms with E-state index in [1.54, 1.807) is 18.2 Å². The third kappa shape index (κ3) is 3.24. The number of carbonyl (C=O) groups is 1. The third-order valence-electron chi connectivity index (χ3n) is 3.88. The summed E-state index contributed by atoms with van der Waals surface area (Å²) in [6.45, 7) is 0. The molecule has 0 saturated heterocycles. The Morgan fingerprint density at radius 1 is 1.19 bits per heavy atom. The summed E-state index contributed by atoms with van der Waals surface area (Å²) in [5.41, 5.74) is 2.70. The van der Waals surface area contributed by atoms with Gasteiger partial charge in [0.1, 0.15) is 11.9 Å². The van der Waals surface area contributed by atoms with Gasteiger partial charge < -0.3 is 9.84 Å². The summed E-state index contributed by atoms with van der Waals surface area (Å²) in [4.78, 5) is 11.0. The van der Waals surface area contributed by atoms with Crippen LogP contribution in [0.3, 0.4) is 0 Å². The highest BCUT2D eigenvalue weighted by Crippen LogP contribution is 2.31. The molecule has 3 nitrogen and oxygen atoms in total. The molecule has 1 atom stereocenters. The molecule has 1 aliphatic heterocycles. The number of benzene rings is 2. The second-order valence-electron chi connectivity index (χ2n) is 5.45. The molecule has 3 rings (SSSR count). The molecule has 21 heavy (non-hydrogen) atoms. The van der Waals surface area contributed by atoms with Gasteiger partial charge in [-0.25, -0.2) is 4.79 Å². The zero-order valence-corrected chi connectivity index (χ0v) is 11.8. The van der Waals surface area contributed by atoms with Gasteiger partial charge in [0.05, 0.1) is 5.56 Å². The maximum absolute atomic E-state index is 11.0. The van der Waals surface area contributed by atoms with Crippen LogP contribution in [0.25, 0.3) is 0 Å². The summed E-state index contributed by atoms with van der Waals surface area (Å²) in [7, 11) is 0. The van der Waals surface area contributed by atoms with Crippen LogP contribution >= 0.6 is 0 Å². The standard InChI is InChI=1S/C18H18O3/c19-18(20)14-9-10-17-15(11-14)12-16(21-17)8-4-7-13-5-2-1-3-6-13/h1-3,5-6,9-11,16H,4,7-8,12H2,(H,19,20). The normalized spacial score (nSPS) is 16.3. The van der Waals surface area contributed by atoms with E-state index in [1.165, 1.54) is 5.56 Å². The van der Waals surface area contributed by atoms with Crippen LogP contribution in [-0.2, 0) is 12.8 Å². The summed E-state index contributed by atoms with van der Waals surface area (Å²) < 4.78 is 5.89. The number of aromatic carboxylic acids is 1. The molecule has 2 aromatic rings. The second kappa shape index (κ2) is 6.00. The summed E-state index contributed by atoms with van der Waals surface area (Å²) in [6, 6.07) is 15.5. The first kappa shape index (κ1) is 13.7. The van der Waals surface area contributed by atoms with Gasteiger partial charge in [-0.1, -0.05) is 30.3 Å². The molecule has 1 aliphatic rings. The average Bonchev–Trinajstić information content (AvgIpc) is 2.90. The Labute approximate surface area is 124 Å². The van der Waals surface area contributed by atoms with Crippen LogP contribution in [0.2, 0.25) is 0 Å². The summed E-state index contributed by atoms with van der Waals surface area (Å²) in [5.74, 6) is -0.0463. The molecular formula is C18H18O3. The minimum absolute atomic E-state index is 0.174. The lowest BCUT2D eigenvalue weighted by Gasteiger charge is -2.10. The highest BCUT2D eigenvalue weighted by atomic mass is 16.5. The molecule has 2 aromatic carbocycles. The van der Waals surface area contributed by atoms with Crippen LogP contribution in [0.1, 0.15) is 34.3 Å². The zero-order chi connectivity index (χ0) is 14.7. The first-order valence-corrected chi connectivity index (χ1v) is 7.29. The summed E-state index contributed by atoms with van der Waals surface area (Å²) in [5, 5.41) is 9.01. The van der Waals surface area contributed by atoms with E-state index in [1.807, 2.05) is 6.07 Å². The Morgan fingerprint density at radius 3 is 2.76 bits per heavy atom. The van der Waals surface area contributed by atoms with Crippen molar-refractivity contribution in [2.75, 3.05) is 0 Å². The number of carboxylic acid groups (broad SMARTS) is 1. The average molecular weight is 282 g/mol. The molecule has 1 heterocycles. The van der Waals surface area contributed by atoms with E-state index in [2.05, 4.69) is 24.3 Å². The Bertz CT molecular complexity index is 634. The van der Waals surface area contributed by atoms with Crippen molar-refractivity contribution < 1.29 is 14.6 Å². The highest BCUT2D eigenvalue weighted by molar-refractivity contribution is 5.88. The van der Waals surface area contributed by atoms with Gasteiger partial charge >= 0.3 is 5.97 Å². The van der Waals surface area contributed by atoms with E-state index in [9.17, 15) is 4.79 Å². The number of ether oxygens (including phenoxy) is 1. The number of hydrogen-bond donors (Lipinski definition) is 1. The van der Waals surface area contributed by atoms with Gasteiger partial charge in [-0.2, -0.15) is 0 Å². The van der Waals surface area contributed by atoms with Crippen molar-refractivity contribution in [3.63, 3.8) is 0 Å². The molecule has 0 aliphatic carbocycles. The van der Waals surface area contributed by atoms with Crippen molar-refractivity contribution >= 4 is 5.97 Å². The molecule has 0 fully saturated rings. The first-order valence-electron chi connectivity index (χ1n) is 7.29. The molecular weight excluding hydrogens is 264 g/mol. The zero-order valence-electron chi connectivity index (χ0n) is 11.8. The number of rotatable bonds is 5. The van der Waals surface area contributed by atoms with Crippen molar-refractivity contribution in [3.8, 4) is 5.75 Å². The van der Waals surface area contributed by atoms with Crippen LogP contribution in [0.5, 0.6) is 5.75 Å². The van der Waals surface area contributed by atoms with E-state index in [0.717, 1.165) is 37.0 Å². The van der Waals surface area contributed by atoms with Crippen LogP contribution in [0.15, 0.2) is 48.5 Å². The summed E-state index contributed by atoms with van der Waals surface area (Å²) >= 11 is 0. The van der Waals surface area contributed by atoms with E-state index in [-0.39, 0.29) is 6.10 Å². The van der Waals surface area contributed by atoms with E-state index in [4.69, 9.17) is 9.84 Å². The fourth-order valence-corrected chi connectivity index (χ4v) is 2.79. The van der Waals surface area contributed by atoms with Crippen molar-refractivity contribution in [2.45, 2.75) is 31.8 Å². The predicted octanol–water partition coefficient (Wildman–Crippen LogP) is 3.71. The van der Waals surface area contributed by atoms with Gasteiger partial charge in [-0.05, 0) is 48.6 Å². The first-order chi connectivity index (χ1) is 10.2. The molecule has 1 N–H and O–H groups in total. The number of fused-ring (bicyclic) bond motifs is 1. The van der Waals surface area contributed by atoms with Gasteiger partial charge in [-0.15, -0.1) is 0 Å². The minimum Gasteiger partial charge on any atom is -0.490 e. The minimum atomic E-state index is -0.884. The Balaban J connectivity index is 1.54. The number of carboxylic acids is 1. The molecule has 0 amide bonds. The molecule has 0 aromatic heterocycles. The lowest BCUT2D eigenvalue weighted by atomic mass is 10.0. The largest absolute Gasteiger partial charge is 0.490 e. The highest BCUT2D eigenvalue weighted by Gasteiger charge is 2.23. The maximum Gasteiger partial charge on any atom is 0.335 e. The van der Waals surface area contributed by atoms with Crippen LogP contribution in [-0.4, -0.2) is 17.2 Å². The van der Waals surface area contributed by atoms with E-state index < -0.39 is 5.97 Å². The lowest BCUT2D eigenvalue weighted by Crippen LogP contribution is -2.12. The SMILES string of the molecule is O=C(O)c1ccc2c(c1)CC(CCCc1ccccc1)O2. The molecule has 0 bridgehead atoms. The predicted molar refractivity (Wildman–Crippen MR) is 80.9 cm³/mol. The van der Waals surface area contributed by atoms with Gasteiger partial charge in [0.2, 0.25) is 0 Å². The van der Waals surface area contributed by atoms with Gasteiger partial charge in [0.15, 0.2) is 0 Å².